The van der Waals surface area contributed by atoms with Crippen LogP contribution in [0.5, 0.6) is 34.5 Å². The van der Waals surface area contributed by atoms with Crippen LogP contribution in [0, 0.1) is 11.8 Å². The molecule has 0 aliphatic carbocycles. The second-order valence-corrected chi connectivity index (χ2v) is 14.3. The van der Waals surface area contributed by atoms with Gasteiger partial charge in [-0.1, -0.05) is 38.1 Å². The molecular weight excluding hydrogens is 660 g/mol. The molecule has 0 amide bonds. The summed E-state index contributed by atoms with van der Waals surface area (Å²) in [5, 5.41) is 62.4. The van der Waals surface area contributed by atoms with Gasteiger partial charge in [0.05, 0.1) is 19.8 Å². The summed E-state index contributed by atoms with van der Waals surface area (Å²) in [5.74, 6) is -0.259. The van der Waals surface area contributed by atoms with Crippen LogP contribution in [0.15, 0.2) is 84.2 Å². The standard InChI is InChI=1S/C42H48N2O8/c1-24(2)23-52-40-22-29(21-38(49)42(40)50)27-6-9-32-31-10-8-30(45)19-28(31)7-11-34(32)44-41-18-26(14-15-43-41)16-33(37(48)20-27)35(46)12-4-25-5-13-36(47)39(17-25)51-3/h5,7-8,10-11,13-14,17-19,21-22,24,27,33,35,43-47,49-50H,4,6,9,12,15-16,20,23H2,1-3H3/t27-,33+,35-/m1/s1. The number of aliphatic hydroxyl groups is 1. The third kappa shape index (κ3) is 8.40. The lowest BCUT2D eigenvalue weighted by atomic mass is 9.80. The van der Waals surface area contributed by atoms with Crippen LogP contribution in [0.3, 0.4) is 0 Å². The first-order chi connectivity index (χ1) is 25.0. The van der Waals surface area contributed by atoms with Crippen LogP contribution in [0.1, 0.15) is 62.1 Å². The number of carbonyl (C=O) groups is 1. The van der Waals surface area contributed by atoms with Crippen molar-refractivity contribution in [2.24, 2.45) is 11.8 Å². The molecule has 0 saturated carbocycles. The van der Waals surface area contributed by atoms with E-state index in [1.54, 1.807) is 36.4 Å². The van der Waals surface area contributed by atoms with Crippen molar-refractivity contribution in [3.05, 3.63) is 101 Å². The van der Waals surface area contributed by atoms with E-state index in [9.17, 15) is 30.3 Å². The number of hydrogen-bond acceptors (Lipinski definition) is 10. The van der Waals surface area contributed by atoms with E-state index in [-0.39, 0.29) is 46.9 Å². The van der Waals surface area contributed by atoms with Crippen LogP contribution >= 0.6 is 0 Å². The van der Waals surface area contributed by atoms with E-state index in [1.165, 1.54) is 13.2 Å². The summed E-state index contributed by atoms with van der Waals surface area (Å²) in [5.41, 5.74) is 4.32. The predicted octanol–water partition coefficient (Wildman–Crippen LogP) is 7.18. The molecular formula is C42H48N2O8. The molecule has 2 heterocycles. The predicted molar refractivity (Wildman–Crippen MR) is 201 cm³/mol. The molecule has 0 fully saturated rings. The van der Waals surface area contributed by atoms with Crippen molar-refractivity contribution in [2.45, 2.75) is 64.4 Å². The summed E-state index contributed by atoms with van der Waals surface area (Å²) >= 11 is 0. The van der Waals surface area contributed by atoms with Gasteiger partial charge < -0.3 is 45.6 Å². The molecule has 0 aromatic heterocycles. The van der Waals surface area contributed by atoms with Gasteiger partial charge in [0.25, 0.3) is 0 Å². The van der Waals surface area contributed by atoms with Crippen molar-refractivity contribution in [3.8, 4) is 34.5 Å². The summed E-state index contributed by atoms with van der Waals surface area (Å²) in [6.07, 6.45) is 5.27. The molecule has 0 radical (unpaired) electrons. The number of anilines is 1. The Bertz CT molecular complexity index is 2000. The van der Waals surface area contributed by atoms with Gasteiger partial charge in [-0.25, -0.2) is 0 Å². The minimum Gasteiger partial charge on any atom is -0.508 e. The number of methoxy groups -OCH3 is 1. The number of rotatable bonds is 9. The fourth-order valence-corrected chi connectivity index (χ4v) is 7.15. The number of phenols is 4. The van der Waals surface area contributed by atoms with Crippen LogP contribution in [0.25, 0.3) is 10.8 Å². The number of benzene rings is 4. The first-order valence-corrected chi connectivity index (χ1v) is 17.9. The zero-order chi connectivity index (χ0) is 36.9. The first-order valence-electron chi connectivity index (χ1n) is 17.9. The Morgan fingerprint density at radius 1 is 0.923 bits per heavy atom. The number of Topliss-reactive ketones (excluding diaryl/α,β-unsaturated/α-hetero) is 1. The highest BCUT2D eigenvalue weighted by molar-refractivity contribution is 5.91. The zero-order valence-corrected chi connectivity index (χ0v) is 29.9. The maximum atomic E-state index is 14.5. The lowest BCUT2D eigenvalue weighted by Crippen LogP contribution is -2.31. The number of allylic oxidation sites excluding steroid dienone is 2. The average molecular weight is 709 g/mol. The Kier molecular flexibility index (Phi) is 11.1. The second-order valence-electron chi connectivity index (χ2n) is 14.3. The maximum absolute atomic E-state index is 14.5. The Morgan fingerprint density at radius 3 is 2.54 bits per heavy atom. The molecule has 0 unspecified atom stereocenters. The molecule has 52 heavy (non-hydrogen) atoms. The van der Waals surface area contributed by atoms with E-state index >= 15 is 0 Å². The lowest BCUT2D eigenvalue weighted by Gasteiger charge is -2.26. The maximum Gasteiger partial charge on any atom is 0.200 e. The number of aromatic hydroxyl groups is 4. The largest absolute Gasteiger partial charge is 0.508 e. The van der Waals surface area contributed by atoms with Crippen molar-refractivity contribution in [2.75, 3.05) is 25.6 Å². The quantitative estimate of drug-likeness (QED) is 0.0888. The molecule has 6 rings (SSSR count). The highest BCUT2D eigenvalue weighted by Crippen LogP contribution is 2.42. The molecule has 4 aromatic rings. The van der Waals surface area contributed by atoms with Crippen LogP contribution < -0.4 is 20.1 Å². The number of carbonyl (C=O) groups excluding carboxylic acids is 1. The van der Waals surface area contributed by atoms with Gasteiger partial charge >= 0.3 is 0 Å². The normalized spacial score (nSPS) is 18.4. The summed E-state index contributed by atoms with van der Waals surface area (Å²) < 4.78 is 11.2. The second kappa shape index (κ2) is 15.9. The molecule has 2 aliphatic rings. The van der Waals surface area contributed by atoms with Gasteiger partial charge in [0, 0.05) is 24.6 Å². The average Bonchev–Trinajstić information content (AvgIpc) is 3.13. The van der Waals surface area contributed by atoms with Crippen molar-refractivity contribution < 1.29 is 39.8 Å². The van der Waals surface area contributed by atoms with E-state index in [0.717, 1.165) is 39.0 Å². The monoisotopic (exact) mass is 708 g/mol. The smallest absolute Gasteiger partial charge is 0.200 e. The summed E-state index contributed by atoms with van der Waals surface area (Å²) in [7, 11) is 1.48. The first kappa shape index (κ1) is 36.4. The van der Waals surface area contributed by atoms with Gasteiger partial charge in [0.2, 0.25) is 5.75 Å². The van der Waals surface area contributed by atoms with Crippen molar-refractivity contribution >= 4 is 22.2 Å². The summed E-state index contributed by atoms with van der Waals surface area (Å²) in [6, 6.07) is 17.5. The molecule has 0 saturated heterocycles. The van der Waals surface area contributed by atoms with Gasteiger partial charge in [-0.05, 0) is 126 Å². The van der Waals surface area contributed by atoms with E-state index < -0.39 is 17.9 Å². The number of hydrogen-bond donors (Lipinski definition) is 7. The lowest BCUT2D eigenvalue weighted by molar-refractivity contribution is -0.127. The van der Waals surface area contributed by atoms with E-state index in [0.29, 0.717) is 56.6 Å². The third-order valence-electron chi connectivity index (χ3n) is 9.99. The van der Waals surface area contributed by atoms with Crippen molar-refractivity contribution in [1.29, 1.82) is 0 Å². The van der Waals surface area contributed by atoms with Gasteiger partial charge in [-0.3, -0.25) is 4.79 Å². The minimum atomic E-state index is -0.967. The van der Waals surface area contributed by atoms with Crippen LogP contribution in [-0.4, -0.2) is 57.7 Å². The SMILES string of the molecule is COc1cc(CC[C@@H](O)[C@@H]2CC3=CCNC(=C3)Nc3ccc4cc(O)ccc4c3CC[C@@H](c3cc(O)c(O)c(OCC(C)C)c3)CC2=O)ccc1O. The van der Waals surface area contributed by atoms with E-state index in [1.807, 2.05) is 44.2 Å². The van der Waals surface area contributed by atoms with Gasteiger partial charge in [0.15, 0.2) is 23.0 Å². The molecule has 10 nitrogen and oxygen atoms in total. The Labute approximate surface area is 304 Å². The van der Waals surface area contributed by atoms with E-state index in [2.05, 4.69) is 10.6 Å². The van der Waals surface area contributed by atoms with Gasteiger partial charge in [0.1, 0.15) is 17.4 Å². The van der Waals surface area contributed by atoms with Gasteiger partial charge in [-0.15, -0.1) is 0 Å². The molecule has 2 bridgehead atoms. The van der Waals surface area contributed by atoms with E-state index in [4.69, 9.17) is 9.47 Å². The number of ketones is 1. The molecule has 3 atom stereocenters. The topological polar surface area (TPSA) is 161 Å². The molecule has 2 aliphatic heterocycles. The summed E-state index contributed by atoms with van der Waals surface area (Å²) in [6.45, 7) is 4.86. The Balaban J connectivity index is 1.39. The van der Waals surface area contributed by atoms with Crippen LogP contribution in [0.2, 0.25) is 0 Å². The van der Waals surface area contributed by atoms with Crippen molar-refractivity contribution in [3.63, 3.8) is 0 Å². The number of dihydropyridines is 1. The Morgan fingerprint density at radius 2 is 1.75 bits per heavy atom. The molecule has 0 spiro atoms. The molecule has 4 aromatic carbocycles. The molecule has 10 heteroatoms. The third-order valence-corrected chi connectivity index (χ3v) is 9.99. The van der Waals surface area contributed by atoms with Crippen LogP contribution in [-0.2, 0) is 17.6 Å². The molecule has 274 valence electrons. The number of fused-ring (bicyclic) bond motifs is 4. The van der Waals surface area contributed by atoms with Crippen molar-refractivity contribution in [1.82, 2.24) is 5.32 Å². The summed E-state index contributed by atoms with van der Waals surface area (Å²) in [4.78, 5) is 14.5. The zero-order valence-electron chi connectivity index (χ0n) is 29.9. The number of aliphatic hydroxyl groups excluding tert-OH is 1. The fourth-order valence-electron chi connectivity index (χ4n) is 7.15. The number of ether oxygens (including phenoxy) is 2. The molecule has 7 N–H and O–H groups in total. The fraction of sp³-hybridized carbons (Fsp3) is 0.357. The van der Waals surface area contributed by atoms with Gasteiger partial charge in [-0.2, -0.15) is 0 Å². The van der Waals surface area contributed by atoms with Crippen LogP contribution in [0.4, 0.5) is 5.69 Å². The number of phenolic OH excluding ortho intramolecular Hbond substituents is 4. The highest BCUT2D eigenvalue weighted by atomic mass is 16.5. The Hall–Kier alpha value is -5.35. The minimum absolute atomic E-state index is 0.0311. The highest BCUT2D eigenvalue weighted by Gasteiger charge is 2.31. The number of aryl methyl sites for hydroxylation is 2. The number of nitrogens with one attached hydrogen (secondary N) is 2.